The molecular formula is C32H37N3O8. The van der Waals surface area contributed by atoms with Crippen LogP contribution < -0.4 is 11.1 Å². The number of fused-ring (bicyclic) bond motifs is 3. The zero-order valence-electron chi connectivity index (χ0n) is 24.2. The minimum absolute atomic E-state index is 0.0234. The summed E-state index contributed by atoms with van der Waals surface area (Å²) in [6.07, 6.45) is 6.18. The van der Waals surface area contributed by atoms with Gasteiger partial charge in [0.2, 0.25) is 5.78 Å². The molecule has 1 aromatic carbocycles. The van der Waals surface area contributed by atoms with Crippen molar-refractivity contribution in [2.75, 3.05) is 14.1 Å². The van der Waals surface area contributed by atoms with E-state index in [1.807, 2.05) is 12.1 Å². The van der Waals surface area contributed by atoms with E-state index < -0.39 is 58.0 Å². The van der Waals surface area contributed by atoms with Gasteiger partial charge in [-0.25, -0.2) is 0 Å². The summed E-state index contributed by atoms with van der Waals surface area (Å²) in [6, 6.07) is 6.19. The minimum atomic E-state index is -2.67. The van der Waals surface area contributed by atoms with E-state index in [0.29, 0.717) is 29.5 Å². The molecule has 7 N–H and O–H groups in total. The van der Waals surface area contributed by atoms with Crippen molar-refractivity contribution in [3.8, 4) is 17.1 Å². The quantitative estimate of drug-likeness (QED) is 0.273. The molecule has 4 aliphatic carbocycles. The zero-order valence-corrected chi connectivity index (χ0v) is 24.2. The number of hydrogen-bond donors (Lipinski definition) is 6. The summed E-state index contributed by atoms with van der Waals surface area (Å²) in [5.41, 5.74) is 2.81. The van der Waals surface area contributed by atoms with Gasteiger partial charge in [-0.3, -0.25) is 19.3 Å². The lowest BCUT2D eigenvalue weighted by Gasteiger charge is -2.50. The van der Waals surface area contributed by atoms with Gasteiger partial charge in [0.15, 0.2) is 11.4 Å². The van der Waals surface area contributed by atoms with E-state index >= 15 is 0 Å². The van der Waals surface area contributed by atoms with Gasteiger partial charge in [0.05, 0.1) is 18.2 Å². The third kappa shape index (κ3) is 4.49. The van der Waals surface area contributed by atoms with Gasteiger partial charge >= 0.3 is 0 Å². The summed E-state index contributed by atoms with van der Waals surface area (Å²) < 4.78 is 6.18. The van der Waals surface area contributed by atoms with Crippen LogP contribution in [-0.2, 0) is 22.6 Å². The average molecular weight is 592 g/mol. The number of Topliss-reactive ketones (excluding diaryl/α,β-unsaturated/α-hetero) is 2. The lowest BCUT2D eigenvalue weighted by molar-refractivity contribution is -0.148. The lowest BCUT2D eigenvalue weighted by Crippen LogP contribution is -2.63. The maximum atomic E-state index is 14.0. The molecule has 1 unspecified atom stereocenters. The Balaban J connectivity index is 1.39. The van der Waals surface area contributed by atoms with Crippen LogP contribution in [0.4, 0.5) is 0 Å². The minimum Gasteiger partial charge on any atom is -0.510 e. The number of rotatable bonds is 6. The molecule has 6 rings (SSSR count). The number of aromatic hydroxyl groups is 1. The molecule has 1 aromatic heterocycles. The van der Waals surface area contributed by atoms with Crippen LogP contribution in [0.5, 0.6) is 5.75 Å². The number of benzene rings is 1. The van der Waals surface area contributed by atoms with E-state index in [-0.39, 0.29) is 29.7 Å². The average Bonchev–Trinajstić information content (AvgIpc) is 3.43. The molecule has 0 aliphatic heterocycles. The molecule has 1 saturated carbocycles. The van der Waals surface area contributed by atoms with Crippen LogP contribution in [0, 0.1) is 11.8 Å². The molecule has 43 heavy (non-hydrogen) atoms. The Morgan fingerprint density at radius 3 is 2.49 bits per heavy atom. The molecule has 228 valence electrons. The molecule has 1 amide bonds. The van der Waals surface area contributed by atoms with Gasteiger partial charge < -0.3 is 35.9 Å². The molecule has 0 radical (unpaired) electrons. The van der Waals surface area contributed by atoms with Gasteiger partial charge in [-0.2, -0.15) is 0 Å². The number of amides is 1. The van der Waals surface area contributed by atoms with Crippen LogP contribution in [0.15, 0.2) is 51.3 Å². The molecule has 4 atom stereocenters. The molecule has 11 nitrogen and oxygen atoms in total. The Labute approximate surface area is 248 Å². The first kappa shape index (κ1) is 29.2. The monoisotopic (exact) mass is 591 g/mol. The van der Waals surface area contributed by atoms with Crippen molar-refractivity contribution in [1.29, 1.82) is 0 Å². The zero-order chi connectivity index (χ0) is 30.8. The number of nitrogens with zero attached hydrogens (tertiary/aromatic N) is 1. The van der Waals surface area contributed by atoms with E-state index in [4.69, 9.17) is 10.2 Å². The van der Waals surface area contributed by atoms with Crippen molar-refractivity contribution < 1.29 is 39.2 Å². The second-order valence-corrected chi connectivity index (χ2v) is 12.4. The molecule has 2 aromatic rings. The summed E-state index contributed by atoms with van der Waals surface area (Å²) in [5, 5.41) is 48.5. The highest BCUT2D eigenvalue weighted by Crippen LogP contribution is 2.53. The SMILES string of the molecule is CN(C)C1C(O)=C(C(N)=O)C(=O)[C@]2(O)C(O)=C3C(=O)c4c(O)ccc(-c5ccc(CNC6CCCCC6)o5)c4C[C@@H]3C[C@H]12. The fourth-order valence-corrected chi connectivity index (χ4v) is 7.65. The molecule has 11 heteroatoms. The van der Waals surface area contributed by atoms with Gasteiger partial charge in [-0.05, 0) is 75.5 Å². The molecule has 0 spiro atoms. The number of aliphatic hydroxyl groups excluding tert-OH is 2. The number of nitrogens with two attached hydrogens (primary N) is 1. The van der Waals surface area contributed by atoms with Crippen LogP contribution in [0.3, 0.4) is 0 Å². The Morgan fingerprint density at radius 1 is 1.09 bits per heavy atom. The number of aliphatic hydroxyl groups is 3. The van der Waals surface area contributed by atoms with E-state index in [1.54, 1.807) is 20.2 Å². The van der Waals surface area contributed by atoms with Gasteiger partial charge in [0.1, 0.15) is 34.4 Å². The van der Waals surface area contributed by atoms with Gasteiger partial charge in [-0.15, -0.1) is 0 Å². The number of carbonyl (C=O) groups is 3. The van der Waals surface area contributed by atoms with E-state index in [2.05, 4.69) is 5.32 Å². The normalized spacial score (nSPS) is 27.8. The number of phenols is 1. The number of phenolic OH excluding ortho intramolecular Hbond substituents is 1. The summed E-state index contributed by atoms with van der Waals surface area (Å²) in [7, 11) is 3.20. The van der Waals surface area contributed by atoms with E-state index in [9.17, 15) is 34.8 Å². The number of likely N-dealkylation sites (N-methyl/N-ethyl adjacent to an activating group) is 1. The highest BCUT2D eigenvalue weighted by atomic mass is 16.4. The predicted octanol–water partition coefficient (Wildman–Crippen LogP) is 2.80. The van der Waals surface area contributed by atoms with Crippen molar-refractivity contribution in [3.05, 3.63) is 63.8 Å². The Kier molecular flexibility index (Phi) is 7.22. The fourth-order valence-electron chi connectivity index (χ4n) is 7.65. The van der Waals surface area contributed by atoms with Crippen LogP contribution in [0.25, 0.3) is 11.3 Å². The number of primary amides is 1. The van der Waals surface area contributed by atoms with E-state index in [0.717, 1.165) is 18.6 Å². The first-order chi connectivity index (χ1) is 20.4. The number of nitrogens with one attached hydrogen (secondary N) is 1. The molecule has 1 fully saturated rings. The van der Waals surface area contributed by atoms with Crippen molar-refractivity contribution in [2.45, 2.75) is 69.2 Å². The van der Waals surface area contributed by atoms with Crippen molar-refractivity contribution in [1.82, 2.24) is 10.2 Å². The number of carbonyl (C=O) groups excluding carboxylic acids is 3. The highest BCUT2D eigenvalue weighted by Gasteiger charge is 2.63. The first-order valence-electron chi connectivity index (χ1n) is 14.8. The smallest absolute Gasteiger partial charge is 0.255 e. The molecule has 0 saturated heterocycles. The summed E-state index contributed by atoms with van der Waals surface area (Å²) in [6.45, 7) is 0.567. The Morgan fingerprint density at radius 2 is 1.81 bits per heavy atom. The second-order valence-electron chi connectivity index (χ2n) is 12.4. The van der Waals surface area contributed by atoms with Gasteiger partial charge in [-0.1, -0.05) is 19.3 Å². The third-order valence-electron chi connectivity index (χ3n) is 9.70. The van der Waals surface area contributed by atoms with Crippen molar-refractivity contribution in [2.24, 2.45) is 17.6 Å². The summed E-state index contributed by atoms with van der Waals surface area (Å²) in [4.78, 5) is 41.1. The fraction of sp³-hybridized carbons (Fsp3) is 0.469. The lowest BCUT2D eigenvalue weighted by atomic mass is 9.58. The van der Waals surface area contributed by atoms with Crippen LogP contribution >= 0.6 is 0 Å². The summed E-state index contributed by atoms with van der Waals surface area (Å²) >= 11 is 0. The van der Waals surface area contributed by atoms with Crippen molar-refractivity contribution in [3.63, 3.8) is 0 Å². The van der Waals surface area contributed by atoms with Crippen LogP contribution in [0.1, 0.15) is 60.2 Å². The molecular weight excluding hydrogens is 554 g/mol. The number of allylic oxidation sites excluding steroid dienone is 1. The molecule has 0 bridgehead atoms. The number of ketones is 2. The van der Waals surface area contributed by atoms with E-state index in [1.165, 1.54) is 30.2 Å². The Hall–Kier alpha value is -3.93. The largest absolute Gasteiger partial charge is 0.510 e. The highest BCUT2D eigenvalue weighted by molar-refractivity contribution is 6.24. The predicted molar refractivity (Wildman–Crippen MR) is 155 cm³/mol. The third-order valence-corrected chi connectivity index (χ3v) is 9.70. The molecule has 1 heterocycles. The van der Waals surface area contributed by atoms with Crippen LogP contribution in [0.2, 0.25) is 0 Å². The Bertz CT molecular complexity index is 1580. The van der Waals surface area contributed by atoms with Crippen LogP contribution in [-0.4, -0.2) is 74.6 Å². The van der Waals surface area contributed by atoms with Crippen molar-refractivity contribution >= 4 is 17.5 Å². The first-order valence-corrected chi connectivity index (χ1v) is 14.8. The van der Waals surface area contributed by atoms with Gasteiger partial charge in [0, 0.05) is 23.1 Å². The maximum absolute atomic E-state index is 14.0. The summed E-state index contributed by atoms with van der Waals surface area (Å²) in [5.74, 6) is -5.50. The standard InChI is InChI=1S/C32H37N3O8/c1-35(2)26-20-13-15-12-19-18(22-11-8-17(43-22)14-34-16-6-4-3-5-7-16)9-10-21(36)24(19)27(37)23(15)29(39)32(20,42)30(40)25(28(26)38)31(33)41/h8-11,15-16,20,26,34,36,38-39,42H,3-7,12-14H2,1-2H3,(H2,33,41)/t15-,20-,26?,32-/m1/s1. The van der Waals surface area contributed by atoms with Gasteiger partial charge in [0.25, 0.3) is 5.91 Å². The number of furan rings is 1. The topological polar surface area (TPSA) is 187 Å². The maximum Gasteiger partial charge on any atom is 0.255 e. The number of hydrogen-bond acceptors (Lipinski definition) is 10. The second kappa shape index (κ2) is 10.7. The molecule has 4 aliphatic rings.